The first kappa shape index (κ1) is 21.2. The topological polar surface area (TPSA) is 89.0 Å². The van der Waals surface area contributed by atoms with Gasteiger partial charge in [-0.15, -0.1) is 0 Å². The van der Waals surface area contributed by atoms with Crippen LogP contribution in [-0.4, -0.2) is 53.7 Å². The molecule has 150 valence electrons. The summed E-state index contributed by atoms with van der Waals surface area (Å²) in [7, 11) is 1.52. The predicted molar refractivity (Wildman–Crippen MR) is 95.0 cm³/mol. The maximum atomic E-state index is 13.5. The van der Waals surface area contributed by atoms with Crippen molar-refractivity contribution in [1.29, 1.82) is 0 Å². The van der Waals surface area contributed by atoms with Crippen molar-refractivity contribution in [2.24, 2.45) is 0 Å². The number of carboxylic acids is 1. The zero-order valence-corrected chi connectivity index (χ0v) is 15.2. The molecule has 1 N–H and O–H groups in total. The number of hydrogen-bond acceptors (Lipinski definition) is 5. The van der Waals surface area contributed by atoms with E-state index in [0.717, 1.165) is 12.1 Å². The molecule has 0 unspecified atom stereocenters. The molecule has 0 radical (unpaired) electrons. The highest BCUT2D eigenvalue weighted by molar-refractivity contribution is 5.94. The Bertz CT molecular complexity index is 832. The zero-order chi connectivity index (χ0) is 20.5. The molecule has 0 saturated heterocycles. The second-order valence-electron chi connectivity index (χ2n) is 5.84. The van der Waals surface area contributed by atoms with Crippen molar-refractivity contribution in [3.8, 4) is 5.88 Å². The van der Waals surface area contributed by atoms with E-state index >= 15 is 0 Å². The summed E-state index contributed by atoms with van der Waals surface area (Å²) in [4.78, 5) is 29.0. The van der Waals surface area contributed by atoms with Gasteiger partial charge in [0.05, 0.1) is 13.0 Å². The van der Waals surface area contributed by atoms with E-state index in [1.165, 1.54) is 36.4 Å². The van der Waals surface area contributed by atoms with Crippen molar-refractivity contribution in [1.82, 2.24) is 9.88 Å². The van der Waals surface area contributed by atoms with E-state index in [4.69, 9.17) is 14.6 Å². The lowest BCUT2D eigenvalue weighted by molar-refractivity contribution is -0.137. The van der Waals surface area contributed by atoms with Crippen LogP contribution >= 0.6 is 0 Å². The number of nitrogens with zero attached hydrogens (tertiary/aromatic N) is 2. The van der Waals surface area contributed by atoms with Crippen LogP contribution in [0.5, 0.6) is 5.88 Å². The third kappa shape index (κ3) is 6.27. The number of carbonyl (C=O) groups is 2. The Hall–Kier alpha value is -3.07. The lowest BCUT2D eigenvalue weighted by atomic mass is 10.1. The average molecular weight is 394 g/mol. The molecule has 0 atom stereocenters. The number of rotatable bonds is 10. The van der Waals surface area contributed by atoms with Crippen LogP contribution in [0.2, 0.25) is 0 Å². The molecule has 1 heterocycles. The minimum atomic E-state index is -1.08. The molecule has 1 aromatic carbocycles. The number of carbonyl (C=O) groups excluding carboxylic acids is 1. The van der Waals surface area contributed by atoms with Crippen molar-refractivity contribution in [2.75, 3.05) is 26.9 Å². The Labute approximate surface area is 160 Å². The fourth-order valence-electron chi connectivity index (χ4n) is 2.37. The summed E-state index contributed by atoms with van der Waals surface area (Å²) in [5.74, 6) is -3.39. The van der Waals surface area contributed by atoms with Crippen molar-refractivity contribution in [3.05, 3.63) is 59.3 Å². The van der Waals surface area contributed by atoms with Crippen LogP contribution in [0.1, 0.15) is 22.3 Å². The Kier molecular flexibility index (Phi) is 7.82. The Morgan fingerprint density at radius 2 is 1.93 bits per heavy atom. The first-order chi connectivity index (χ1) is 13.4. The molecule has 0 fully saturated rings. The third-order valence-corrected chi connectivity index (χ3v) is 3.76. The quantitative estimate of drug-likeness (QED) is 0.623. The van der Waals surface area contributed by atoms with Crippen LogP contribution in [0.15, 0.2) is 36.5 Å². The Balaban J connectivity index is 2.19. The molecule has 7 nitrogen and oxygen atoms in total. The first-order valence-corrected chi connectivity index (χ1v) is 8.43. The number of hydrogen-bond donors (Lipinski definition) is 1. The number of ether oxygens (including phenoxy) is 2. The highest BCUT2D eigenvalue weighted by atomic mass is 19.2. The molecular weight excluding hydrogens is 374 g/mol. The molecule has 2 rings (SSSR count). The van der Waals surface area contributed by atoms with Gasteiger partial charge in [-0.25, -0.2) is 13.8 Å². The number of amides is 1. The normalized spacial score (nSPS) is 10.5. The predicted octanol–water partition coefficient (Wildman–Crippen LogP) is 2.50. The number of methoxy groups -OCH3 is 1. The van der Waals surface area contributed by atoms with E-state index in [2.05, 4.69) is 4.98 Å². The van der Waals surface area contributed by atoms with Gasteiger partial charge in [0, 0.05) is 38.0 Å². The summed E-state index contributed by atoms with van der Waals surface area (Å²) in [6.45, 7) is 0.417. The smallest absolute Gasteiger partial charge is 0.305 e. The molecule has 2 aromatic rings. The number of pyridine rings is 1. The standard InChI is InChI=1S/C19H20F2N2O5/c1-27-8-9-28-17-11-14(4-6-22-17)19(26)23(7-5-18(24)25)12-13-2-3-15(20)16(21)10-13/h2-4,6,10-11H,5,7-9,12H2,1H3,(H,24,25). The second-order valence-corrected chi connectivity index (χ2v) is 5.84. The fraction of sp³-hybridized carbons (Fsp3) is 0.316. The van der Waals surface area contributed by atoms with Crippen molar-refractivity contribution in [3.63, 3.8) is 0 Å². The number of carboxylic acid groups (broad SMARTS) is 1. The lowest BCUT2D eigenvalue weighted by Gasteiger charge is -2.22. The van der Waals surface area contributed by atoms with Crippen LogP contribution in [0.3, 0.4) is 0 Å². The van der Waals surface area contributed by atoms with Crippen molar-refractivity contribution < 1.29 is 33.0 Å². The minimum Gasteiger partial charge on any atom is -0.481 e. The van der Waals surface area contributed by atoms with Gasteiger partial charge in [0.15, 0.2) is 11.6 Å². The summed E-state index contributed by atoms with van der Waals surface area (Å²) >= 11 is 0. The molecule has 1 amide bonds. The molecule has 0 aliphatic heterocycles. The molecule has 28 heavy (non-hydrogen) atoms. The van der Waals surface area contributed by atoms with Crippen molar-refractivity contribution >= 4 is 11.9 Å². The van der Waals surface area contributed by atoms with Gasteiger partial charge in [0.25, 0.3) is 5.91 Å². The van der Waals surface area contributed by atoms with E-state index in [1.807, 2.05) is 0 Å². The highest BCUT2D eigenvalue weighted by Crippen LogP contribution is 2.16. The summed E-state index contributed by atoms with van der Waals surface area (Å²) in [5.41, 5.74) is 0.568. The molecule has 0 spiro atoms. The Morgan fingerprint density at radius 1 is 1.14 bits per heavy atom. The number of aliphatic carboxylic acids is 1. The second kappa shape index (κ2) is 10.3. The van der Waals surface area contributed by atoms with Gasteiger partial charge >= 0.3 is 5.97 Å². The zero-order valence-electron chi connectivity index (χ0n) is 15.2. The Morgan fingerprint density at radius 3 is 2.61 bits per heavy atom. The van der Waals surface area contributed by atoms with Gasteiger partial charge in [-0.05, 0) is 23.8 Å². The SMILES string of the molecule is COCCOc1cc(C(=O)N(CCC(=O)O)Cc2ccc(F)c(F)c2)ccn1. The van der Waals surface area contributed by atoms with E-state index in [-0.39, 0.29) is 37.6 Å². The van der Waals surface area contributed by atoms with Crippen LogP contribution in [0, 0.1) is 11.6 Å². The molecule has 1 aromatic heterocycles. The number of aromatic nitrogens is 1. The van der Waals surface area contributed by atoms with Gasteiger partial charge in [0.2, 0.25) is 5.88 Å². The van der Waals surface area contributed by atoms with E-state index in [1.54, 1.807) is 0 Å². The molecule has 0 aliphatic carbocycles. The molecular formula is C19H20F2N2O5. The summed E-state index contributed by atoms with van der Waals surface area (Å²) in [6, 6.07) is 6.16. The van der Waals surface area contributed by atoms with E-state index in [0.29, 0.717) is 12.2 Å². The largest absolute Gasteiger partial charge is 0.481 e. The van der Waals surface area contributed by atoms with Gasteiger partial charge < -0.3 is 19.5 Å². The maximum absolute atomic E-state index is 13.5. The van der Waals surface area contributed by atoms with Gasteiger partial charge in [0.1, 0.15) is 6.61 Å². The van der Waals surface area contributed by atoms with Gasteiger partial charge in [-0.2, -0.15) is 0 Å². The van der Waals surface area contributed by atoms with Crippen LogP contribution in [0.25, 0.3) is 0 Å². The van der Waals surface area contributed by atoms with Crippen LogP contribution in [0.4, 0.5) is 8.78 Å². The van der Waals surface area contributed by atoms with Crippen molar-refractivity contribution in [2.45, 2.75) is 13.0 Å². The molecule has 0 aliphatic rings. The number of halogens is 2. The van der Waals surface area contributed by atoms with E-state index < -0.39 is 23.5 Å². The highest BCUT2D eigenvalue weighted by Gasteiger charge is 2.19. The lowest BCUT2D eigenvalue weighted by Crippen LogP contribution is -2.32. The van der Waals surface area contributed by atoms with E-state index in [9.17, 15) is 18.4 Å². The average Bonchev–Trinajstić information content (AvgIpc) is 2.67. The molecule has 0 bridgehead atoms. The number of benzene rings is 1. The summed E-state index contributed by atoms with van der Waals surface area (Å²) in [5, 5.41) is 8.94. The summed E-state index contributed by atoms with van der Waals surface area (Å²) < 4.78 is 36.8. The van der Waals surface area contributed by atoms with Gasteiger partial charge in [-0.3, -0.25) is 9.59 Å². The first-order valence-electron chi connectivity index (χ1n) is 8.43. The molecule has 0 saturated carbocycles. The molecule has 9 heteroatoms. The minimum absolute atomic E-state index is 0.0779. The fourth-order valence-corrected chi connectivity index (χ4v) is 2.37. The van der Waals surface area contributed by atoms with Crippen LogP contribution in [-0.2, 0) is 16.1 Å². The summed E-state index contributed by atoms with van der Waals surface area (Å²) in [6.07, 6.45) is 1.10. The maximum Gasteiger partial charge on any atom is 0.305 e. The third-order valence-electron chi connectivity index (χ3n) is 3.76. The van der Waals surface area contributed by atoms with Gasteiger partial charge in [-0.1, -0.05) is 6.07 Å². The van der Waals surface area contributed by atoms with Crippen LogP contribution < -0.4 is 4.74 Å². The monoisotopic (exact) mass is 394 g/mol.